The maximum absolute atomic E-state index is 12.7. The largest absolute Gasteiger partial charge is 0.442 e. The summed E-state index contributed by atoms with van der Waals surface area (Å²) in [5, 5.41) is 5.08. The van der Waals surface area contributed by atoms with Gasteiger partial charge >= 0.3 is 0 Å². The summed E-state index contributed by atoms with van der Waals surface area (Å²) in [5.41, 5.74) is 2.89. The number of carbonyl (C=O) groups excluding carboxylic acids is 1. The number of oxazole rings is 1. The lowest BCUT2D eigenvalue weighted by Crippen LogP contribution is -2.31. The number of nitrogens with zero attached hydrogens (tertiary/aromatic N) is 1. The minimum Gasteiger partial charge on any atom is -0.442 e. The zero-order chi connectivity index (χ0) is 15.6. The number of carbonyl (C=O) groups is 1. The standard InChI is InChI=1S/C18H16N2O2S/c21-18(16-17(22-11-19-16)15-9-4-10-23-15)20-14-8-3-6-12-5-1-2-7-13(12)14/h1-2,4-5,7,9-11,14H,3,6,8H2,(H,20,21)/t14-/m0/s1. The third-order valence-corrected chi connectivity index (χ3v) is 5.07. The second-order valence-electron chi connectivity index (χ2n) is 5.62. The molecule has 1 amide bonds. The number of aryl methyl sites for hydroxylation is 1. The molecular formula is C18H16N2O2S. The molecular weight excluding hydrogens is 308 g/mol. The molecule has 0 saturated heterocycles. The summed E-state index contributed by atoms with van der Waals surface area (Å²) in [6.45, 7) is 0. The predicted octanol–water partition coefficient (Wildman–Crippen LogP) is 4.21. The van der Waals surface area contributed by atoms with Crippen molar-refractivity contribution < 1.29 is 9.21 Å². The molecule has 1 aliphatic rings. The zero-order valence-corrected chi connectivity index (χ0v) is 13.3. The van der Waals surface area contributed by atoms with Crippen LogP contribution < -0.4 is 5.32 Å². The van der Waals surface area contributed by atoms with Crippen LogP contribution >= 0.6 is 11.3 Å². The van der Waals surface area contributed by atoms with Crippen LogP contribution in [0.4, 0.5) is 0 Å². The maximum atomic E-state index is 12.7. The Hall–Kier alpha value is -2.40. The van der Waals surface area contributed by atoms with Crippen molar-refractivity contribution in [2.75, 3.05) is 0 Å². The molecule has 2 heterocycles. The first-order valence-electron chi connectivity index (χ1n) is 7.69. The van der Waals surface area contributed by atoms with Gasteiger partial charge in [-0.25, -0.2) is 4.98 Å². The van der Waals surface area contributed by atoms with Gasteiger partial charge in [0.1, 0.15) is 0 Å². The van der Waals surface area contributed by atoms with Crippen LogP contribution in [-0.4, -0.2) is 10.9 Å². The molecule has 5 heteroatoms. The lowest BCUT2D eigenvalue weighted by atomic mass is 9.87. The van der Waals surface area contributed by atoms with E-state index in [-0.39, 0.29) is 11.9 Å². The number of benzene rings is 1. The van der Waals surface area contributed by atoms with Crippen molar-refractivity contribution in [1.29, 1.82) is 0 Å². The lowest BCUT2D eigenvalue weighted by Gasteiger charge is -2.26. The lowest BCUT2D eigenvalue weighted by molar-refractivity contribution is 0.0928. The van der Waals surface area contributed by atoms with Gasteiger partial charge in [-0.05, 0) is 41.8 Å². The minimum atomic E-state index is -0.177. The van der Waals surface area contributed by atoms with E-state index in [1.807, 2.05) is 23.6 Å². The molecule has 2 aromatic heterocycles. The van der Waals surface area contributed by atoms with Crippen LogP contribution in [0.2, 0.25) is 0 Å². The molecule has 0 saturated carbocycles. The van der Waals surface area contributed by atoms with Gasteiger partial charge in [0.05, 0.1) is 10.9 Å². The van der Waals surface area contributed by atoms with E-state index in [9.17, 15) is 4.79 Å². The second kappa shape index (κ2) is 6.01. The Morgan fingerprint density at radius 2 is 2.17 bits per heavy atom. The fourth-order valence-electron chi connectivity index (χ4n) is 3.12. The minimum absolute atomic E-state index is 0.0420. The van der Waals surface area contributed by atoms with E-state index in [0.29, 0.717) is 11.5 Å². The molecule has 1 N–H and O–H groups in total. The first kappa shape index (κ1) is 14.2. The van der Waals surface area contributed by atoms with Crippen LogP contribution in [-0.2, 0) is 6.42 Å². The van der Waals surface area contributed by atoms with Crippen molar-refractivity contribution in [1.82, 2.24) is 10.3 Å². The monoisotopic (exact) mass is 324 g/mol. The first-order valence-corrected chi connectivity index (χ1v) is 8.57. The molecule has 1 aromatic carbocycles. The number of hydrogen-bond donors (Lipinski definition) is 1. The van der Waals surface area contributed by atoms with Gasteiger partial charge < -0.3 is 9.73 Å². The number of aromatic nitrogens is 1. The number of amides is 1. The van der Waals surface area contributed by atoms with Crippen LogP contribution in [0.5, 0.6) is 0 Å². The molecule has 23 heavy (non-hydrogen) atoms. The highest BCUT2D eigenvalue weighted by Crippen LogP contribution is 2.31. The molecule has 3 aromatic rings. The molecule has 0 radical (unpaired) electrons. The Labute approximate surface area is 138 Å². The van der Waals surface area contributed by atoms with Crippen molar-refractivity contribution in [2.24, 2.45) is 0 Å². The number of thiophene rings is 1. The van der Waals surface area contributed by atoms with Crippen LogP contribution in [0, 0.1) is 0 Å². The Kier molecular flexibility index (Phi) is 3.71. The van der Waals surface area contributed by atoms with Gasteiger partial charge in [0.2, 0.25) is 0 Å². The van der Waals surface area contributed by atoms with Crippen LogP contribution in [0.15, 0.2) is 52.6 Å². The summed E-state index contributed by atoms with van der Waals surface area (Å²) in [6, 6.07) is 12.2. The zero-order valence-electron chi connectivity index (χ0n) is 12.5. The molecule has 0 fully saturated rings. The molecule has 4 nitrogen and oxygen atoms in total. The number of hydrogen-bond acceptors (Lipinski definition) is 4. The van der Waals surface area contributed by atoms with Crippen molar-refractivity contribution in [3.63, 3.8) is 0 Å². The normalized spacial score (nSPS) is 16.8. The van der Waals surface area contributed by atoms with Crippen molar-refractivity contribution in [3.05, 3.63) is 65.0 Å². The molecule has 0 unspecified atom stereocenters. The second-order valence-corrected chi connectivity index (χ2v) is 6.57. The highest BCUT2D eigenvalue weighted by Gasteiger charge is 2.25. The van der Waals surface area contributed by atoms with Crippen LogP contribution in [0.1, 0.15) is 40.5 Å². The smallest absolute Gasteiger partial charge is 0.274 e. The van der Waals surface area contributed by atoms with E-state index in [1.165, 1.54) is 28.9 Å². The topological polar surface area (TPSA) is 55.1 Å². The highest BCUT2D eigenvalue weighted by atomic mass is 32.1. The van der Waals surface area contributed by atoms with E-state index >= 15 is 0 Å². The predicted molar refractivity (Wildman–Crippen MR) is 89.4 cm³/mol. The van der Waals surface area contributed by atoms with Gasteiger partial charge in [-0.1, -0.05) is 30.3 Å². The summed E-state index contributed by atoms with van der Waals surface area (Å²) in [6.07, 6.45) is 4.44. The maximum Gasteiger partial charge on any atom is 0.274 e. The fourth-order valence-corrected chi connectivity index (χ4v) is 3.83. The van der Waals surface area contributed by atoms with Crippen LogP contribution in [0.25, 0.3) is 10.6 Å². The van der Waals surface area contributed by atoms with Gasteiger partial charge in [-0.15, -0.1) is 11.3 Å². The average Bonchev–Trinajstić information content (AvgIpc) is 3.26. The summed E-state index contributed by atoms with van der Waals surface area (Å²) in [5.74, 6) is 0.366. The summed E-state index contributed by atoms with van der Waals surface area (Å²) >= 11 is 1.53. The first-order chi connectivity index (χ1) is 11.3. The SMILES string of the molecule is O=C(N[C@H]1CCCc2ccccc21)c1ncoc1-c1cccs1. The van der Waals surface area contributed by atoms with Gasteiger partial charge in [0.25, 0.3) is 5.91 Å². The molecule has 0 aliphatic heterocycles. The Morgan fingerprint density at radius 3 is 3.04 bits per heavy atom. The van der Waals surface area contributed by atoms with E-state index in [1.54, 1.807) is 0 Å². The van der Waals surface area contributed by atoms with Gasteiger partial charge in [-0.3, -0.25) is 4.79 Å². The quantitative estimate of drug-likeness (QED) is 0.785. The summed E-state index contributed by atoms with van der Waals surface area (Å²) in [7, 11) is 0. The van der Waals surface area contributed by atoms with E-state index in [2.05, 4.69) is 28.5 Å². The Bertz CT molecular complexity index is 823. The Morgan fingerprint density at radius 1 is 1.26 bits per heavy atom. The molecule has 1 aliphatic carbocycles. The van der Waals surface area contributed by atoms with Crippen molar-refractivity contribution in [2.45, 2.75) is 25.3 Å². The highest BCUT2D eigenvalue weighted by molar-refractivity contribution is 7.13. The van der Waals surface area contributed by atoms with Gasteiger partial charge in [0.15, 0.2) is 17.8 Å². The summed E-state index contributed by atoms with van der Waals surface area (Å²) < 4.78 is 5.43. The number of nitrogens with one attached hydrogen (secondary N) is 1. The van der Waals surface area contributed by atoms with Crippen molar-refractivity contribution in [3.8, 4) is 10.6 Å². The number of fused-ring (bicyclic) bond motifs is 1. The molecule has 1 atom stereocenters. The van der Waals surface area contributed by atoms with E-state index in [4.69, 9.17) is 4.42 Å². The van der Waals surface area contributed by atoms with Crippen LogP contribution in [0.3, 0.4) is 0 Å². The van der Waals surface area contributed by atoms with Gasteiger partial charge in [-0.2, -0.15) is 0 Å². The Balaban J connectivity index is 1.59. The van der Waals surface area contributed by atoms with Crippen molar-refractivity contribution >= 4 is 17.2 Å². The number of rotatable bonds is 3. The fraction of sp³-hybridized carbons (Fsp3) is 0.222. The third kappa shape index (κ3) is 2.68. The molecule has 4 rings (SSSR count). The third-order valence-electron chi connectivity index (χ3n) is 4.20. The van der Waals surface area contributed by atoms with E-state index in [0.717, 1.165) is 24.1 Å². The molecule has 116 valence electrons. The van der Waals surface area contributed by atoms with E-state index < -0.39 is 0 Å². The average molecular weight is 324 g/mol. The molecule has 0 spiro atoms. The molecule has 0 bridgehead atoms. The van der Waals surface area contributed by atoms with Gasteiger partial charge in [0, 0.05) is 0 Å². The summed E-state index contributed by atoms with van der Waals surface area (Å²) in [4.78, 5) is 17.7.